The molecule has 7 unspecified atom stereocenters. The fraction of sp³-hybridized carbons (Fsp3) is 0.922. The van der Waals surface area contributed by atoms with Gasteiger partial charge in [0.15, 0.2) is 6.29 Å². The summed E-state index contributed by atoms with van der Waals surface area (Å²) in [5.74, 6) is -0.141. The Morgan fingerprint density at radius 1 is 0.466 bits per heavy atom. The van der Waals surface area contributed by atoms with Crippen LogP contribution in [0.4, 0.5) is 0 Å². The highest BCUT2D eigenvalue weighted by atomic mass is 16.7. The molecular formula is C64H123NO8. The van der Waals surface area contributed by atoms with Crippen molar-refractivity contribution in [3.63, 3.8) is 0 Å². The third-order valence-corrected chi connectivity index (χ3v) is 15.6. The van der Waals surface area contributed by atoms with E-state index in [4.69, 9.17) is 9.47 Å². The molecule has 9 heteroatoms. The Morgan fingerprint density at radius 2 is 0.808 bits per heavy atom. The molecule has 9 nitrogen and oxygen atoms in total. The van der Waals surface area contributed by atoms with Gasteiger partial charge in [0.25, 0.3) is 0 Å². The molecule has 0 saturated carbocycles. The lowest BCUT2D eigenvalue weighted by Crippen LogP contribution is -2.60. The third-order valence-electron chi connectivity index (χ3n) is 15.6. The van der Waals surface area contributed by atoms with Gasteiger partial charge in [-0.25, -0.2) is 0 Å². The van der Waals surface area contributed by atoms with Crippen LogP contribution in [0.2, 0.25) is 0 Å². The molecule has 1 amide bonds. The summed E-state index contributed by atoms with van der Waals surface area (Å²) in [6, 6.07) is -0.720. The van der Waals surface area contributed by atoms with Gasteiger partial charge >= 0.3 is 0 Å². The smallest absolute Gasteiger partial charge is 0.220 e. The van der Waals surface area contributed by atoms with E-state index < -0.39 is 49.5 Å². The molecule has 1 heterocycles. The molecule has 432 valence electrons. The molecule has 0 bridgehead atoms. The summed E-state index contributed by atoms with van der Waals surface area (Å²) in [4.78, 5) is 13.1. The maximum Gasteiger partial charge on any atom is 0.220 e. The van der Waals surface area contributed by atoms with E-state index in [0.29, 0.717) is 12.8 Å². The number of aliphatic hydroxyl groups excluding tert-OH is 5. The van der Waals surface area contributed by atoms with Crippen LogP contribution in [0.3, 0.4) is 0 Å². The number of hydrogen-bond acceptors (Lipinski definition) is 8. The molecule has 7 atom stereocenters. The van der Waals surface area contributed by atoms with Crippen molar-refractivity contribution >= 4 is 5.91 Å². The Balaban J connectivity index is 2.16. The van der Waals surface area contributed by atoms with Crippen LogP contribution in [0.5, 0.6) is 0 Å². The number of hydrogen-bond donors (Lipinski definition) is 6. The van der Waals surface area contributed by atoms with Gasteiger partial charge < -0.3 is 40.3 Å². The molecule has 0 aromatic carbocycles. The highest BCUT2D eigenvalue weighted by molar-refractivity contribution is 5.76. The minimum absolute atomic E-state index is 0.136. The predicted molar refractivity (Wildman–Crippen MR) is 309 cm³/mol. The summed E-state index contributed by atoms with van der Waals surface area (Å²) in [5.41, 5.74) is 0. The average molecular weight is 1030 g/mol. The molecule has 1 saturated heterocycles. The summed E-state index contributed by atoms with van der Waals surface area (Å²) in [7, 11) is 0. The second-order valence-corrected chi connectivity index (χ2v) is 22.6. The summed E-state index contributed by atoms with van der Waals surface area (Å²) in [6.07, 6.45) is 62.2. The zero-order valence-electron chi connectivity index (χ0n) is 48.2. The van der Waals surface area contributed by atoms with Crippen molar-refractivity contribution in [2.75, 3.05) is 13.2 Å². The first-order chi connectivity index (χ1) is 35.8. The zero-order valence-corrected chi connectivity index (χ0v) is 48.2. The first-order valence-corrected chi connectivity index (χ1v) is 32.0. The summed E-state index contributed by atoms with van der Waals surface area (Å²) in [5, 5.41) is 54.8. The molecule has 0 spiro atoms. The van der Waals surface area contributed by atoms with Gasteiger partial charge in [0.2, 0.25) is 5.91 Å². The minimum Gasteiger partial charge on any atom is -0.394 e. The molecule has 0 aliphatic carbocycles. The molecule has 0 radical (unpaired) electrons. The van der Waals surface area contributed by atoms with E-state index in [0.717, 1.165) is 44.9 Å². The quantitative estimate of drug-likeness (QED) is 0.0261. The van der Waals surface area contributed by atoms with Gasteiger partial charge in [-0.05, 0) is 44.9 Å². The van der Waals surface area contributed by atoms with Crippen molar-refractivity contribution in [3.8, 4) is 0 Å². The first kappa shape index (κ1) is 69.7. The van der Waals surface area contributed by atoms with E-state index in [1.165, 1.54) is 250 Å². The van der Waals surface area contributed by atoms with E-state index in [1.807, 2.05) is 0 Å². The molecule has 6 N–H and O–H groups in total. The largest absolute Gasteiger partial charge is 0.394 e. The highest BCUT2D eigenvalue weighted by Gasteiger charge is 2.44. The topological polar surface area (TPSA) is 149 Å². The number of allylic oxidation sites excluding steroid dienone is 4. The number of carbonyl (C=O) groups excluding carboxylic acids is 1. The van der Waals surface area contributed by atoms with E-state index in [1.54, 1.807) is 0 Å². The zero-order chi connectivity index (χ0) is 52.9. The lowest BCUT2D eigenvalue weighted by atomic mass is 9.99. The van der Waals surface area contributed by atoms with Gasteiger partial charge in [0.05, 0.1) is 25.4 Å². The van der Waals surface area contributed by atoms with Crippen molar-refractivity contribution < 1.29 is 39.8 Å². The van der Waals surface area contributed by atoms with E-state index in [2.05, 4.69) is 43.5 Å². The lowest BCUT2D eigenvalue weighted by molar-refractivity contribution is -0.302. The molecule has 1 rings (SSSR count). The maximum atomic E-state index is 13.1. The second kappa shape index (κ2) is 54.0. The van der Waals surface area contributed by atoms with Gasteiger partial charge in [-0.3, -0.25) is 4.79 Å². The Morgan fingerprint density at radius 3 is 1.18 bits per heavy atom. The van der Waals surface area contributed by atoms with E-state index in [9.17, 15) is 30.3 Å². The predicted octanol–water partition coefficient (Wildman–Crippen LogP) is 16.5. The molecule has 0 aromatic rings. The van der Waals surface area contributed by atoms with E-state index in [-0.39, 0.29) is 12.5 Å². The van der Waals surface area contributed by atoms with Crippen molar-refractivity contribution in [1.82, 2.24) is 5.32 Å². The number of unbranched alkanes of at least 4 members (excludes halogenated alkanes) is 42. The van der Waals surface area contributed by atoms with Gasteiger partial charge in [0, 0.05) is 6.42 Å². The van der Waals surface area contributed by atoms with Crippen LogP contribution < -0.4 is 5.32 Å². The van der Waals surface area contributed by atoms with Gasteiger partial charge in [0.1, 0.15) is 24.4 Å². The van der Waals surface area contributed by atoms with Crippen molar-refractivity contribution in [2.45, 2.75) is 365 Å². The Bertz CT molecular complexity index is 1200. The standard InChI is InChI=1S/C64H123NO8/c1-3-5-7-9-11-13-15-17-19-21-23-25-27-28-29-30-32-34-36-38-40-42-44-46-48-50-52-54-60(68)65-57(56-72-64-63(71)62(70)61(69)59(55-66)73-64)58(67)53-51-49-47-45-43-41-39-37-35-33-31-26-24-22-20-18-16-14-12-10-8-6-4-2/h23,25,28-29,57-59,61-64,66-67,69-71H,3-22,24,26-27,30-56H2,1-2H3,(H,65,68)/b25-23-,29-28-. The van der Waals surface area contributed by atoms with Gasteiger partial charge in [-0.1, -0.05) is 295 Å². The molecule has 1 aliphatic heterocycles. The van der Waals surface area contributed by atoms with Gasteiger partial charge in [-0.15, -0.1) is 0 Å². The number of amides is 1. The van der Waals surface area contributed by atoms with Crippen LogP contribution >= 0.6 is 0 Å². The Kier molecular flexibility index (Phi) is 51.6. The molecule has 1 aliphatic rings. The van der Waals surface area contributed by atoms with E-state index >= 15 is 0 Å². The van der Waals surface area contributed by atoms with Crippen LogP contribution in [0, 0.1) is 0 Å². The first-order valence-electron chi connectivity index (χ1n) is 32.0. The monoisotopic (exact) mass is 1030 g/mol. The number of aliphatic hydroxyl groups is 5. The Labute approximate surface area is 451 Å². The molecule has 73 heavy (non-hydrogen) atoms. The summed E-state index contributed by atoms with van der Waals surface area (Å²) < 4.78 is 11.3. The maximum absolute atomic E-state index is 13.1. The second-order valence-electron chi connectivity index (χ2n) is 22.6. The van der Waals surface area contributed by atoms with Crippen LogP contribution in [0.15, 0.2) is 24.3 Å². The number of rotatable bonds is 56. The van der Waals surface area contributed by atoms with Crippen LogP contribution in [0.1, 0.15) is 322 Å². The van der Waals surface area contributed by atoms with Crippen LogP contribution in [-0.4, -0.2) is 87.5 Å². The average Bonchev–Trinajstić information content (AvgIpc) is 3.39. The SMILES string of the molecule is CCCCCCCCCCC/C=C\C/C=C\CCCCCCCCCCCCCC(=O)NC(COC1OC(CO)C(O)C(O)C1O)C(O)CCCCCCCCCCCCCCCCCCCCCCCCC. The number of carbonyl (C=O) groups is 1. The lowest BCUT2D eigenvalue weighted by Gasteiger charge is -2.40. The highest BCUT2D eigenvalue weighted by Crippen LogP contribution is 2.23. The van der Waals surface area contributed by atoms with Crippen LogP contribution in [0.25, 0.3) is 0 Å². The van der Waals surface area contributed by atoms with Crippen molar-refractivity contribution in [2.24, 2.45) is 0 Å². The Hall–Kier alpha value is -1.33. The fourth-order valence-electron chi connectivity index (χ4n) is 10.5. The van der Waals surface area contributed by atoms with Crippen molar-refractivity contribution in [3.05, 3.63) is 24.3 Å². The third kappa shape index (κ3) is 43.4. The summed E-state index contributed by atoms with van der Waals surface area (Å²) in [6.45, 7) is 3.88. The molecule has 1 fully saturated rings. The normalized spacial score (nSPS) is 19.1. The minimum atomic E-state index is -1.55. The summed E-state index contributed by atoms with van der Waals surface area (Å²) >= 11 is 0. The van der Waals surface area contributed by atoms with Gasteiger partial charge in [-0.2, -0.15) is 0 Å². The number of nitrogens with one attached hydrogen (secondary N) is 1. The fourth-order valence-corrected chi connectivity index (χ4v) is 10.5. The van der Waals surface area contributed by atoms with Crippen LogP contribution in [-0.2, 0) is 14.3 Å². The number of ether oxygens (including phenoxy) is 2. The molecular weight excluding hydrogens is 911 g/mol. The van der Waals surface area contributed by atoms with Crippen molar-refractivity contribution in [1.29, 1.82) is 0 Å². The molecule has 0 aromatic heterocycles.